The van der Waals surface area contributed by atoms with Crippen LogP contribution in [0.4, 0.5) is 5.82 Å². The number of hydrogen-bond donors (Lipinski definition) is 0. The Bertz CT molecular complexity index is 375. The second kappa shape index (κ2) is 5.67. The van der Waals surface area contributed by atoms with Crippen LogP contribution >= 0.6 is 11.6 Å². The molecular formula is C13H20ClN3. The molecule has 1 aliphatic carbocycles. The molecule has 0 atom stereocenters. The highest BCUT2D eigenvalue weighted by atomic mass is 35.5. The molecule has 4 heteroatoms. The van der Waals surface area contributed by atoms with Crippen molar-refractivity contribution in [1.29, 1.82) is 0 Å². The molecule has 1 aliphatic rings. The standard InChI is InChI=1S/C13H20ClN3/c1-3-6-12-15-11(14)9-13(16-12)17(2)10-7-4-5-8-10/h9-10H,3-8H2,1-2H3. The first-order valence-electron chi connectivity index (χ1n) is 6.47. The van der Waals surface area contributed by atoms with E-state index < -0.39 is 0 Å². The lowest BCUT2D eigenvalue weighted by Gasteiger charge is -2.25. The molecule has 1 heterocycles. The average Bonchev–Trinajstić information content (AvgIpc) is 2.81. The van der Waals surface area contributed by atoms with Gasteiger partial charge in [-0.25, -0.2) is 9.97 Å². The summed E-state index contributed by atoms with van der Waals surface area (Å²) in [4.78, 5) is 11.1. The van der Waals surface area contributed by atoms with Crippen LogP contribution in [-0.2, 0) is 6.42 Å². The van der Waals surface area contributed by atoms with Crippen LogP contribution in [-0.4, -0.2) is 23.1 Å². The van der Waals surface area contributed by atoms with Gasteiger partial charge in [0.2, 0.25) is 0 Å². The Labute approximate surface area is 108 Å². The minimum atomic E-state index is 0.559. The normalized spacial score (nSPS) is 16.4. The Kier molecular flexibility index (Phi) is 4.21. The number of nitrogens with zero attached hydrogens (tertiary/aromatic N) is 3. The third-order valence-corrected chi connectivity index (χ3v) is 3.63. The van der Waals surface area contributed by atoms with Crippen LogP contribution in [0, 0.1) is 0 Å². The summed E-state index contributed by atoms with van der Waals surface area (Å²) < 4.78 is 0. The van der Waals surface area contributed by atoms with Crippen LogP contribution in [0.25, 0.3) is 0 Å². The molecule has 0 bridgehead atoms. The zero-order valence-electron chi connectivity index (χ0n) is 10.6. The monoisotopic (exact) mass is 253 g/mol. The summed E-state index contributed by atoms with van der Waals surface area (Å²) in [7, 11) is 2.12. The molecule has 0 spiro atoms. The fourth-order valence-corrected chi connectivity index (χ4v) is 2.64. The highest BCUT2D eigenvalue weighted by molar-refractivity contribution is 6.29. The molecule has 1 fully saturated rings. The quantitative estimate of drug-likeness (QED) is 0.770. The van der Waals surface area contributed by atoms with Gasteiger partial charge in [0.1, 0.15) is 16.8 Å². The molecule has 0 unspecified atom stereocenters. The summed E-state index contributed by atoms with van der Waals surface area (Å²) in [5.74, 6) is 1.83. The number of aromatic nitrogens is 2. The summed E-state index contributed by atoms with van der Waals surface area (Å²) in [5, 5.41) is 0.559. The maximum Gasteiger partial charge on any atom is 0.134 e. The van der Waals surface area contributed by atoms with E-state index in [2.05, 4.69) is 28.8 Å². The predicted octanol–water partition coefficient (Wildman–Crippen LogP) is 3.46. The van der Waals surface area contributed by atoms with Gasteiger partial charge in [0.15, 0.2) is 0 Å². The van der Waals surface area contributed by atoms with Crippen LogP contribution in [0.3, 0.4) is 0 Å². The lowest BCUT2D eigenvalue weighted by molar-refractivity contribution is 0.642. The van der Waals surface area contributed by atoms with Crippen LogP contribution < -0.4 is 4.90 Å². The van der Waals surface area contributed by atoms with Crippen molar-refractivity contribution < 1.29 is 0 Å². The van der Waals surface area contributed by atoms with Gasteiger partial charge in [-0.2, -0.15) is 0 Å². The average molecular weight is 254 g/mol. The van der Waals surface area contributed by atoms with Gasteiger partial charge in [0, 0.05) is 25.6 Å². The highest BCUT2D eigenvalue weighted by Crippen LogP contribution is 2.26. The Morgan fingerprint density at radius 1 is 1.35 bits per heavy atom. The highest BCUT2D eigenvalue weighted by Gasteiger charge is 2.21. The Morgan fingerprint density at radius 2 is 2.06 bits per heavy atom. The van der Waals surface area contributed by atoms with E-state index in [0.717, 1.165) is 24.5 Å². The van der Waals surface area contributed by atoms with E-state index in [1.807, 2.05) is 6.07 Å². The molecular weight excluding hydrogens is 234 g/mol. The van der Waals surface area contributed by atoms with E-state index in [9.17, 15) is 0 Å². The van der Waals surface area contributed by atoms with Crippen LogP contribution in [0.2, 0.25) is 5.15 Å². The number of anilines is 1. The summed E-state index contributed by atoms with van der Waals surface area (Å²) in [6.45, 7) is 2.13. The van der Waals surface area contributed by atoms with E-state index in [1.54, 1.807) is 0 Å². The summed E-state index contributed by atoms with van der Waals surface area (Å²) >= 11 is 6.06. The van der Waals surface area contributed by atoms with E-state index >= 15 is 0 Å². The fourth-order valence-electron chi connectivity index (χ4n) is 2.45. The lowest BCUT2D eigenvalue weighted by Crippen LogP contribution is -2.29. The van der Waals surface area contributed by atoms with Crippen LogP contribution in [0.5, 0.6) is 0 Å². The van der Waals surface area contributed by atoms with Crippen LogP contribution in [0.1, 0.15) is 44.9 Å². The number of halogens is 1. The van der Waals surface area contributed by atoms with Crippen molar-refractivity contribution in [1.82, 2.24) is 9.97 Å². The maximum absolute atomic E-state index is 6.06. The zero-order valence-corrected chi connectivity index (χ0v) is 11.4. The van der Waals surface area contributed by atoms with Gasteiger partial charge in [-0.1, -0.05) is 31.4 Å². The molecule has 17 heavy (non-hydrogen) atoms. The van der Waals surface area contributed by atoms with Crippen molar-refractivity contribution in [3.05, 3.63) is 17.0 Å². The first-order chi connectivity index (χ1) is 8.20. The largest absolute Gasteiger partial charge is 0.357 e. The van der Waals surface area contributed by atoms with Crippen molar-refractivity contribution in [2.75, 3.05) is 11.9 Å². The van der Waals surface area contributed by atoms with Gasteiger partial charge in [-0.3, -0.25) is 0 Å². The summed E-state index contributed by atoms with van der Waals surface area (Å²) in [6.07, 6.45) is 7.13. The Balaban J connectivity index is 2.18. The lowest BCUT2D eigenvalue weighted by atomic mass is 10.2. The van der Waals surface area contributed by atoms with Crippen LogP contribution in [0.15, 0.2) is 6.07 Å². The van der Waals surface area contributed by atoms with E-state index in [0.29, 0.717) is 11.2 Å². The SMILES string of the molecule is CCCc1nc(Cl)cc(N(C)C2CCCC2)n1. The molecule has 3 nitrogen and oxygen atoms in total. The molecule has 94 valence electrons. The molecule has 2 rings (SSSR count). The fraction of sp³-hybridized carbons (Fsp3) is 0.692. The topological polar surface area (TPSA) is 29.0 Å². The van der Waals surface area contributed by atoms with Gasteiger partial charge >= 0.3 is 0 Å². The van der Waals surface area contributed by atoms with Crippen molar-refractivity contribution in [2.24, 2.45) is 0 Å². The second-order valence-electron chi connectivity index (χ2n) is 4.76. The number of hydrogen-bond acceptors (Lipinski definition) is 3. The number of rotatable bonds is 4. The molecule has 1 aromatic rings. The molecule has 1 saturated carbocycles. The number of aryl methyl sites for hydroxylation is 1. The smallest absolute Gasteiger partial charge is 0.134 e. The minimum absolute atomic E-state index is 0.559. The summed E-state index contributed by atoms with van der Waals surface area (Å²) in [6, 6.07) is 2.49. The van der Waals surface area contributed by atoms with E-state index in [4.69, 9.17) is 11.6 Å². The Hall–Kier alpha value is -0.830. The van der Waals surface area contributed by atoms with Crippen molar-refractivity contribution in [3.63, 3.8) is 0 Å². The maximum atomic E-state index is 6.06. The first-order valence-corrected chi connectivity index (χ1v) is 6.84. The van der Waals surface area contributed by atoms with Crippen molar-refractivity contribution in [3.8, 4) is 0 Å². The van der Waals surface area contributed by atoms with Gasteiger partial charge < -0.3 is 4.90 Å². The van der Waals surface area contributed by atoms with Gasteiger partial charge in [-0.05, 0) is 19.3 Å². The predicted molar refractivity (Wildman–Crippen MR) is 71.7 cm³/mol. The second-order valence-corrected chi connectivity index (χ2v) is 5.15. The molecule has 0 N–H and O–H groups in total. The third-order valence-electron chi connectivity index (χ3n) is 3.44. The molecule has 1 aromatic heterocycles. The summed E-state index contributed by atoms with van der Waals surface area (Å²) in [5.41, 5.74) is 0. The molecule has 0 saturated heterocycles. The molecule has 0 amide bonds. The minimum Gasteiger partial charge on any atom is -0.357 e. The molecule has 0 aliphatic heterocycles. The van der Waals surface area contributed by atoms with Crippen molar-refractivity contribution in [2.45, 2.75) is 51.5 Å². The van der Waals surface area contributed by atoms with Gasteiger partial charge in [0.05, 0.1) is 0 Å². The Morgan fingerprint density at radius 3 is 2.71 bits per heavy atom. The zero-order chi connectivity index (χ0) is 12.3. The third kappa shape index (κ3) is 3.09. The van der Waals surface area contributed by atoms with Gasteiger partial charge in [0.25, 0.3) is 0 Å². The van der Waals surface area contributed by atoms with Gasteiger partial charge in [-0.15, -0.1) is 0 Å². The molecule has 0 radical (unpaired) electrons. The van der Waals surface area contributed by atoms with E-state index in [1.165, 1.54) is 25.7 Å². The molecule has 0 aromatic carbocycles. The van der Waals surface area contributed by atoms with E-state index in [-0.39, 0.29) is 0 Å². The first kappa shape index (κ1) is 12.6. The van der Waals surface area contributed by atoms with Crippen molar-refractivity contribution >= 4 is 17.4 Å².